The molecule has 56 heavy (non-hydrogen) atoms. The third-order valence-electron chi connectivity index (χ3n) is 16.7. The zero-order valence-corrected chi connectivity index (χ0v) is 34.4. The fraction of sp³-hybridized carbons (Fsp3) is 0.593. The summed E-state index contributed by atoms with van der Waals surface area (Å²) in [6.07, 6.45) is 71.5. The summed E-state index contributed by atoms with van der Waals surface area (Å²) in [6, 6.07) is 2.51. The van der Waals surface area contributed by atoms with Crippen LogP contribution in [0.3, 0.4) is 0 Å². The summed E-state index contributed by atoms with van der Waals surface area (Å²) in [4.78, 5) is 5.97. The molecule has 2 heteroatoms. The van der Waals surface area contributed by atoms with E-state index >= 15 is 0 Å². The van der Waals surface area contributed by atoms with Crippen LogP contribution in [0, 0.1) is 47.3 Å². The maximum atomic E-state index is 3.04. The van der Waals surface area contributed by atoms with Gasteiger partial charge in [0.25, 0.3) is 0 Å². The Bertz CT molecular complexity index is 1750. The number of allylic oxidation sites excluding steroid dienone is 18. The summed E-state index contributed by atoms with van der Waals surface area (Å²) in [5.41, 5.74) is 6.70. The molecular formula is C54H70N2. The molecule has 0 radical (unpaired) electrons. The van der Waals surface area contributed by atoms with Crippen molar-refractivity contribution in [3.8, 4) is 0 Å². The fourth-order valence-corrected chi connectivity index (χ4v) is 13.6. The maximum Gasteiger partial charge on any atom is 0.0583 e. The molecule has 0 bridgehead atoms. The SMILES string of the molecule is C1=CCCC(C2CCC(N(C3=CCC(C4CCC(N5C6=CC(C7C=CC=CC7)CC=C6C6C=CC=CC65)CC4)CC3)C3C=CC(C4C=CCCC4)CC3)CC2)=C1. The van der Waals surface area contributed by atoms with E-state index in [1.165, 1.54) is 128 Å². The Labute approximate surface area is 340 Å². The molecule has 9 aliphatic carbocycles. The summed E-state index contributed by atoms with van der Waals surface area (Å²) in [5.74, 6) is 5.95. The van der Waals surface area contributed by atoms with Crippen LogP contribution in [0.5, 0.6) is 0 Å². The second-order valence-corrected chi connectivity index (χ2v) is 19.7. The Balaban J connectivity index is 0.808. The van der Waals surface area contributed by atoms with Gasteiger partial charge in [-0.3, -0.25) is 0 Å². The topological polar surface area (TPSA) is 6.48 Å². The third-order valence-corrected chi connectivity index (χ3v) is 16.7. The van der Waals surface area contributed by atoms with Gasteiger partial charge >= 0.3 is 0 Å². The van der Waals surface area contributed by atoms with Crippen molar-refractivity contribution in [1.29, 1.82) is 0 Å². The van der Waals surface area contributed by atoms with Gasteiger partial charge < -0.3 is 9.80 Å². The number of likely N-dealkylation sites (tertiary alicyclic amines) is 1. The van der Waals surface area contributed by atoms with Gasteiger partial charge in [-0.2, -0.15) is 0 Å². The number of rotatable bonds is 8. The lowest BCUT2D eigenvalue weighted by atomic mass is 9.72. The van der Waals surface area contributed by atoms with Gasteiger partial charge in [-0.05, 0) is 175 Å². The first kappa shape index (κ1) is 37.0. The van der Waals surface area contributed by atoms with E-state index < -0.39 is 0 Å². The van der Waals surface area contributed by atoms with Gasteiger partial charge in [0.15, 0.2) is 0 Å². The van der Waals surface area contributed by atoms with Gasteiger partial charge in [0, 0.05) is 35.4 Å². The van der Waals surface area contributed by atoms with E-state index in [1.807, 2.05) is 0 Å². The van der Waals surface area contributed by atoms with Crippen LogP contribution >= 0.6 is 0 Å². The van der Waals surface area contributed by atoms with E-state index in [-0.39, 0.29) is 0 Å². The molecule has 296 valence electrons. The fourth-order valence-electron chi connectivity index (χ4n) is 13.6. The number of hydrogen-bond acceptors (Lipinski definition) is 2. The normalized spacial score (nSPS) is 40.4. The number of hydrogen-bond donors (Lipinski definition) is 0. The van der Waals surface area contributed by atoms with Gasteiger partial charge in [0.1, 0.15) is 0 Å². The van der Waals surface area contributed by atoms with Crippen molar-refractivity contribution in [3.05, 3.63) is 132 Å². The maximum absolute atomic E-state index is 3.04. The van der Waals surface area contributed by atoms with E-state index in [2.05, 4.69) is 119 Å². The highest BCUT2D eigenvalue weighted by atomic mass is 15.2. The molecule has 10 rings (SSSR count). The van der Waals surface area contributed by atoms with Crippen molar-refractivity contribution in [3.63, 3.8) is 0 Å². The van der Waals surface area contributed by atoms with Crippen LogP contribution in [0.4, 0.5) is 0 Å². The monoisotopic (exact) mass is 747 g/mol. The second kappa shape index (κ2) is 16.9. The van der Waals surface area contributed by atoms with Crippen LogP contribution in [0.2, 0.25) is 0 Å². The molecule has 8 atom stereocenters. The summed E-state index contributed by atoms with van der Waals surface area (Å²) in [6.45, 7) is 0. The lowest BCUT2D eigenvalue weighted by Gasteiger charge is -2.47. The first-order chi connectivity index (χ1) is 27.8. The van der Waals surface area contributed by atoms with Gasteiger partial charge in [0.2, 0.25) is 0 Å². The first-order valence-corrected chi connectivity index (χ1v) is 23.8. The molecule has 8 unspecified atom stereocenters. The van der Waals surface area contributed by atoms with E-state index in [1.54, 1.807) is 22.5 Å². The van der Waals surface area contributed by atoms with E-state index in [9.17, 15) is 0 Å². The van der Waals surface area contributed by atoms with Crippen molar-refractivity contribution >= 4 is 0 Å². The summed E-state index contributed by atoms with van der Waals surface area (Å²) in [5, 5.41) is 0. The summed E-state index contributed by atoms with van der Waals surface area (Å²) >= 11 is 0. The molecule has 0 amide bonds. The summed E-state index contributed by atoms with van der Waals surface area (Å²) < 4.78 is 0. The van der Waals surface area contributed by atoms with Gasteiger partial charge in [-0.25, -0.2) is 0 Å². The van der Waals surface area contributed by atoms with Crippen LogP contribution in [-0.2, 0) is 0 Å². The van der Waals surface area contributed by atoms with Crippen LogP contribution in [0.15, 0.2) is 132 Å². The highest BCUT2D eigenvalue weighted by Crippen LogP contribution is 2.50. The molecular weight excluding hydrogens is 677 g/mol. The Morgan fingerprint density at radius 1 is 0.554 bits per heavy atom. The molecule has 0 aromatic rings. The Kier molecular flexibility index (Phi) is 11.2. The highest BCUT2D eigenvalue weighted by molar-refractivity contribution is 5.48. The highest BCUT2D eigenvalue weighted by Gasteiger charge is 2.45. The predicted molar refractivity (Wildman–Crippen MR) is 235 cm³/mol. The first-order valence-electron chi connectivity index (χ1n) is 23.8. The van der Waals surface area contributed by atoms with Gasteiger partial charge in [-0.1, -0.05) is 115 Å². The lowest BCUT2D eigenvalue weighted by molar-refractivity contribution is 0.114. The molecule has 1 heterocycles. The standard InChI is InChI=1S/C54H70N2/c1-4-12-39(13-5-1)42-20-29-47(30-21-42)55(48-31-22-43(23-32-48)40-14-6-2-7-15-40)49-33-24-44(25-34-49)45-26-35-50(36-27-45)56-53-19-11-10-18-51(53)52-37-28-46(38-54(52)56)41-16-8-3-9-17-41/h1,3-4,6,8-12,14,16,18-19,22,31,33,37-38,40-48,50-51,53H,2,5,7,13,15,17,20-21,23-30,32,34-36H2. The Morgan fingerprint density at radius 3 is 2.18 bits per heavy atom. The molecule has 0 aromatic heterocycles. The van der Waals surface area contributed by atoms with Crippen molar-refractivity contribution in [1.82, 2.24) is 9.80 Å². The smallest absolute Gasteiger partial charge is 0.0583 e. The zero-order chi connectivity index (χ0) is 37.3. The lowest BCUT2D eigenvalue weighted by Crippen LogP contribution is -2.45. The van der Waals surface area contributed by atoms with Crippen molar-refractivity contribution in [2.75, 3.05) is 0 Å². The minimum atomic E-state index is 0.514. The van der Waals surface area contributed by atoms with Gasteiger partial charge in [0.05, 0.1) is 6.04 Å². The number of nitrogens with zero attached hydrogens (tertiary/aromatic N) is 2. The number of fused-ring (bicyclic) bond motifs is 3. The average molecular weight is 747 g/mol. The van der Waals surface area contributed by atoms with Crippen molar-refractivity contribution in [2.45, 2.75) is 153 Å². The third kappa shape index (κ3) is 7.57. The largest absolute Gasteiger partial charge is 0.366 e. The average Bonchev–Trinajstić information content (AvgIpc) is 3.62. The molecule has 0 spiro atoms. The van der Waals surface area contributed by atoms with Crippen LogP contribution < -0.4 is 0 Å². The molecule has 1 aliphatic heterocycles. The zero-order valence-electron chi connectivity index (χ0n) is 34.4. The minimum Gasteiger partial charge on any atom is -0.366 e. The quantitative estimate of drug-likeness (QED) is 0.228. The molecule has 3 fully saturated rings. The molecule has 0 N–H and O–H groups in total. The summed E-state index contributed by atoms with van der Waals surface area (Å²) in [7, 11) is 0. The molecule has 2 saturated carbocycles. The van der Waals surface area contributed by atoms with Gasteiger partial charge in [-0.15, -0.1) is 0 Å². The second-order valence-electron chi connectivity index (χ2n) is 19.7. The Morgan fingerprint density at radius 2 is 1.43 bits per heavy atom. The van der Waals surface area contributed by atoms with Crippen LogP contribution in [0.25, 0.3) is 0 Å². The molecule has 2 nitrogen and oxygen atoms in total. The molecule has 0 aromatic carbocycles. The molecule has 10 aliphatic rings. The van der Waals surface area contributed by atoms with E-state index in [0.29, 0.717) is 35.9 Å². The van der Waals surface area contributed by atoms with Crippen LogP contribution in [0.1, 0.15) is 128 Å². The minimum absolute atomic E-state index is 0.514. The molecule has 1 saturated heterocycles. The predicted octanol–water partition coefficient (Wildman–Crippen LogP) is 13.4. The van der Waals surface area contributed by atoms with Crippen molar-refractivity contribution in [2.24, 2.45) is 47.3 Å². The van der Waals surface area contributed by atoms with Crippen LogP contribution in [-0.4, -0.2) is 34.0 Å². The van der Waals surface area contributed by atoms with E-state index in [0.717, 1.165) is 35.6 Å². The van der Waals surface area contributed by atoms with E-state index in [4.69, 9.17) is 0 Å². The van der Waals surface area contributed by atoms with Crippen molar-refractivity contribution < 1.29 is 0 Å². The Hall–Kier alpha value is -3.26.